The van der Waals surface area contributed by atoms with E-state index in [-0.39, 0.29) is 0 Å². The molecule has 0 bridgehead atoms. The topological polar surface area (TPSA) is 0 Å². The Hall–Kier alpha value is 0.198. The van der Waals surface area contributed by atoms with Crippen molar-refractivity contribution in [1.82, 2.24) is 0 Å². The number of aryl methyl sites for hydroxylation is 1. The molecule has 9 heavy (non-hydrogen) atoms. The minimum atomic E-state index is 1.32. The van der Waals surface area contributed by atoms with Gasteiger partial charge in [-0.1, -0.05) is 35.9 Å². The van der Waals surface area contributed by atoms with E-state index in [1.165, 1.54) is 24.3 Å². The van der Waals surface area contributed by atoms with Gasteiger partial charge in [0.2, 0.25) is 0 Å². The molecule has 0 nitrogen and oxygen atoms in total. The normalized spacial score (nSPS) is 7.33. The molecule has 0 heterocycles. The average molecular weight is 224 g/mol. The Morgan fingerprint density at radius 2 is 1.56 bits per heavy atom. The van der Waals surface area contributed by atoms with Crippen LogP contribution < -0.4 is 0 Å². The molecule has 0 N–H and O–H groups in total. The predicted molar refractivity (Wildman–Crippen MR) is 37.0 cm³/mol. The Balaban J connectivity index is 0.000000291. The van der Waals surface area contributed by atoms with Crippen LogP contribution in [0.5, 0.6) is 0 Å². The van der Waals surface area contributed by atoms with Crippen molar-refractivity contribution in [3.05, 3.63) is 35.9 Å². The summed E-state index contributed by atoms with van der Waals surface area (Å²) >= 11 is 1.42. The molecular formula is C7H8ClMo. The van der Waals surface area contributed by atoms with Crippen molar-refractivity contribution in [2.45, 2.75) is 6.92 Å². The molecule has 0 fully saturated rings. The van der Waals surface area contributed by atoms with Gasteiger partial charge in [-0.25, -0.2) is 0 Å². The Morgan fingerprint density at radius 3 is 1.78 bits per heavy atom. The van der Waals surface area contributed by atoms with E-state index in [4.69, 9.17) is 0 Å². The van der Waals surface area contributed by atoms with Crippen LogP contribution in [-0.4, -0.2) is 0 Å². The van der Waals surface area contributed by atoms with Crippen LogP contribution in [0, 0.1) is 6.92 Å². The van der Waals surface area contributed by atoms with E-state index in [0.717, 1.165) is 0 Å². The quantitative estimate of drug-likeness (QED) is 0.593. The fourth-order valence-electron chi connectivity index (χ4n) is 0.534. The zero-order chi connectivity index (χ0) is 7.11. The SMILES string of the molecule is Cc1ccccc1.[Cl][Mo]. The Labute approximate surface area is 71.1 Å². The molecule has 1 aromatic carbocycles. The minimum absolute atomic E-state index is 1.32. The van der Waals surface area contributed by atoms with Crippen LogP contribution >= 0.6 is 9.42 Å². The van der Waals surface area contributed by atoms with Gasteiger partial charge >= 0.3 is 28.2 Å². The van der Waals surface area contributed by atoms with Gasteiger partial charge in [0.25, 0.3) is 0 Å². The first-order valence-electron chi connectivity index (χ1n) is 2.56. The number of hydrogen-bond donors (Lipinski definition) is 0. The maximum atomic E-state index is 4.65. The summed E-state index contributed by atoms with van der Waals surface area (Å²) in [5, 5.41) is 0. The fraction of sp³-hybridized carbons (Fsp3) is 0.143. The molecule has 0 saturated heterocycles. The van der Waals surface area contributed by atoms with Crippen molar-refractivity contribution in [2.24, 2.45) is 0 Å². The van der Waals surface area contributed by atoms with Gasteiger partial charge in [-0.15, -0.1) is 0 Å². The molecule has 0 aliphatic carbocycles. The Morgan fingerprint density at radius 1 is 1.11 bits per heavy atom. The van der Waals surface area contributed by atoms with Gasteiger partial charge < -0.3 is 0 Å². The summed E-state index contributed by atoms with van der Waals surface area (Å²) in [6.45, 7) is 2.08. The molecule has 0 amide bonds. The van der Waals surface area contributed by atoms with Gasteiger partial charge in [0.15, 0.2) is 0 Å². The molecule has 0 spiro atoms. The van der Waals surface area contributed by atoms with E-state index in [0.29, 0.717) is 0 Å². The van der Waals surface area contributed by atoms with Crippen molar-refractivity contribution in [1.29, 1.82) is 0 Å². The number of rotatable bonds is 0. The van der Waals surface area contributed by atoms with Crippen molar-refractivity contribution in [3.63, 3.8) is 0 Å². The van der Waals surface area contributed by atoms with Crippen molar-refractivity contribution >= 4 is 9.42 Å². The molecule has 0 aliphatic heterocycles. The number of benzene rings is 1. The van der Waals surface area contributed by atoms with Crippen LogP contribution in [0.4, 0.5) is 0 Å². The molecule has 2 heteroatoms. The number of halogens is 1. The van der Waals surface area contributed by atoms with Gasteiger partial charge in [0.05, 0.1) is 0 Å². The summed E-state index contributed by atoms with van der Waals surface area (Å²) in [6.07, 6.45) is 0. The van der Waals surface area contributed by atoms with E-state index >= 15 is 0 Å². The van der Waals surface area contributed by atoms with Gasteiger partial charge in [-0.3, -0.25) is 0 Å². The summed E-state index contributed by atoms with van der Waals surface area (Å²) in [7, 11) is 4.65. The Kier molecular flexibility index (Phi) is 6.46. The van der Waals surface area contributed by atoms with Gasteiger partial charge in [0.1, 0.15) is 0 Å². The van der Waals surface area contributed by atoms with Crippen molar-refractivity contribution in [3.8, 4) is 0 Å². The molecule has 1 aromatic rings. The average Bonchev–Trinajstić information content (AvgIpc) is 1.94. The van der Waals surface area contributed by atoms with Crippen LogP contribution in [0.1, 0.15) is 5.56 Å². The first-order chi connectivity index (χ1) is 4.39. The predicted octanol–water partition coefficient (Wildman–Crippen LogP) is 2.68. The molecule has 0 radical (unpaired) electrons. The van der Waals surface area contributed by atoms with E-state index in [1.807, 2.05) is 18.2 Å². The van der Waals surface area contributed by atoms with Crippen LogP contribution in [0.2, 0.25) is 0 Å². The molecule has 0 atom stereocenters. The molecule has 1 rings (SSSR count). The maximum absolute atomic E-state index is 4.65. The van der Waals surface area contributed by atoms with Crippen LogP contribution in [-0.2, 0) is 18.8 Å². The summed E-state index contributed by atoms with van der Waals surface area (Å²) in [4.78, 5) is 0. The Bertz CT molecular complexity index is 139. The molecule has 0 aromatic heterocycles. The third-order valence-electron chi connectivity index (χ3n) is 0.940. The van der Waals surface area contributed by atoms with Crippen molar-refractivity contribution < 1.29 is 18.8 Å². The molecule has 0 unspecified atom stereocenters. The standard InChI is InChI=1S/C7H8.ClH.Mo/c1-7-5-3-2-4-6-7;;/h2-6H,1H3;1H;/q;;+1/p-1. The summed E-state index contributed by atoms with van der Waals surface area (Å²) in [5.41, 5.74) is 1.32. The van der Waals surface area contributed by atoms with Crippen LogP contribution in [0.25, 0.3) is 0 Å². The van der Waals surface area contributed by atoms with Crippen molar-refractivity contribution in [2.75, 3.05) is 0 Å². The number of hydrogen-bond acceptors (Lipinski definition) is 0. The first kappa shape index (κ1) is 9.20. The monoisotopic (exact) mass is 225 g/mol. The first-order valence-corrected chi connectivity index (χ1v) is 5.15. The summed E-state index contributed by atoms with van der Waals surface area (Å²) in [5.74, 6) is 0. The second-order valence-corrected chi connectivity index (χ2v) is 1.65. The second kappa shape index (κ2) is 6.32. The van der Waals surface area contributed by atoms with Crippen LogP contribution in [0.15, 0.2) is 30.3 Å². The van der Waals surface area contributed by atoms with Gasteiger partial charge in [0, 0.05) is 0 Å². The van der Waals surface area contributed by atoms with Gasteiger partial charge in [-0.2, -0.15) is 0 Å². The van der Waals surface area contributed by atoms with E-state index in [1.54, 1.807) is 0 Å². The third-order valence-corrected chi connectivity index (χ3v) is 0.940. The van der Waals surface area contributed by atoms with E-state index < -0.39 is 0 Å². The molecular weight excluding hydrogens is 215 g/mol. The zero-order valence-electron chi connectivity index (χ0n) is 5.17. The molecule has 0 saturated carbocycles. The fourth-order valence-corrected chi connectivity index (χ4v) is 0.534. The molecule has 0 aliphatic rings. The van der Waals surface area contributed by atoms with E-state index in [2.05, 4.69) is 28.5 Å². The van der Waals surface area contributed by atoms with Gasteiger partial charge in [-0.05, 0) is 6.92 Å². The second-order valence-electron chi connectivity index (χ2n) is 1.65. The third kappa shape index (κ3) is 4.69. The molecule has 49 valence electrons. The summed E-state index contributed by atoms with van der Waals surface area (Å²) in [6, 6.07) is 10.3. The zero-order valence-corrected chi connectivity index (χ0v) is 7.94. The van der Waals surface area contributed by atoms with E-state index in [9.17, 15) is 0 Å². The van der Waals surface area contributed by atoms with Crippen LogP contribution in [0.3, 0.4) is 0 Å². The summed E-state index contributed by atoms with van der Waals surface area (Å²) < 4.78 is 0.